The molecule has 16 heavy (non-hydrogen) atoms. The van der Waals surface area contributed by atoms with E-state index in [1.807, 2.05) is 14.1 Å². The number of benzene rings is 2. The van der Waals surface area contributed by atoms with E-state index in [2.05, 4.69) is 59.2 Å². The molecule has 2 aromatic rings. The van der Waals surface area contributed by atoms with Crippen molar-refractivity contribution in [2.45, 2.75) is 0 Å². The van der Waals surface area contributed by atoms with Gasteiger partial charge in [-0.2, -0.15) is 0 Å². The Morgan fingerprint density at radius 2 is 0.875 bits per heavy atom. The molecule has 0 saturated carbocycles. The summed E-state index contributed by atoms with van der Waals surface area (Å²) in [5.41, 5.74) is 4.74. The molecule has 82 valence electrons. The summed E-state index contributed by atoms with van der Waals surface area (Å²) in [6, 6.07) is 16.8. The lowest BCUT2D eigenvalue weighted by Gasteiger charge is -2.05. The van der Waals surface area contributed by atoms with Crippen molar-refractivity contribution in [3.05, 3.63) is 48.5 Å². The van der Waals surface area contributed by atoms with Gasteiger partial charge in [0.2, 0.25) is 0 Å². The van der Waals surface area contributed by atoms with Crippen LogP contribution in [0.4, 0.5) is 11.4 Å². The van der Waals surface area contributed by atoms with Gasteiger partial charge in [0.25, 0.3) is 0 Å². The van der Waals surface area contributed by atoms with Gasteiger partial charge in [0, 0.05) is 25.5 Å². The molecule has 0 fully saturated rings. The largest absolute Gasteiger partial charge is 0.388 e. The third-order valence-corrected chi connectivity index (χ3v) is 2.68. The Labute approximate surface area is 96.3 Å². The first-order valence-corrected chi connectivity index (χ1v) is 5.39. The van der Waals surface area contributed by atoms with Gasteiger partial charge < -0.3 is 10.6 Å². The van der Waals surface area contributed by atoms with Crippen LogP contribution in [0.15, 0.2) is 48.5 Å². The van der Waals surface area contributed by atoms with Crippen molar-refractivity contribution in [3.8, 4) is 11.1 Å². The van der Waals surface area contributed by atoms with Crippen molar-refractivity contribution in [3.63, 3.8) is 0 Å². The van der Waals surface area contributed by atoms with E-state index in [1.54, 1.807) is 0 Å². The van der Waals surface area contributed by atoms with Crippen molar-refractivity contribution in [2.75, 3.05) is 24.7 Å². The Bertz CT molecular complexity index is 398. The molecule has 0 saturated heterocycles. The fourth-order valence-electron chi connectivity index (χ4n) is 1.66. The van der Waals surface area contributed by atoms with Gasteiger partial charge >= 0.3 is 0 Å². The number of anilines is 2. The summed E-state index contributed by atoms with van der Waals surface area (Å²) >= 11 is 0. The second kappa shape index (κ2) is 4.71. The standard InChI is InChI=1S/C14H16N2/c1-15-13-7-3-11(4-8-13)12-5-9-14(16-2)10-6-12/h3-10,15-16H,1-2H3. The van der Waals surface area contributed by atoms with Crippen LogP contribution in [0.25, 0.3) is 11.1 Å². The van der Waals surface area contributed by atoms with Gasteiger partial charge in [-0.25, -0.2) is 0 Å². The highest BCUT2D eigenvalue weighted by atomic mass is 14.8. The van der Waals surface area contributed by atoms with E-state index >= 15 is 0 Å². The molecule has 0 heterocycles. The molecular formula is C14H16N2. The van der Waals surface area contributed by atoms with Crippen LogP contribution >= 0.6 is 0 Å². The fourth-order valence-corrected chi connectivity index (χ4v) is 1.66. The van der Waals surface area contributed by atoms with Gasteiger partial charge in [0.15, 0.2) is 0 Å². The molecule has 0 aromatic heterocycles. The predicted molar refractivity (Wildman–Crippen MR) is 71.0 cm³/mol. The molecule has 0 aliphatic heterocycles. The average molecular weight is 212 g/mol. The molecule has 2 nitrogen and oxygen atoms in total. The molecule has 0 bridgehead atoms. The Morgan fingerprint density at radius 3 is 1.12 bits per heavy atom. The lowest BCUT2D eigenvalue weighted by atomic mass is 10.1. The van der Waals surface area contributed by atoms with E-state index < -0.39 is 0 Å². The van der Waals surface area contributed by atoms with Crippen molar-refractivity contribution >= 4 is 11.4 Å². The number of hydrogen-bond acceptors (Lipinski definition) is 2. The summed E-state index contributed by atoms with van der Waals surface area (Å²) in [6.45, 7) is 0. The smallest absolute Gasteiger partial charge is 0.0337 e. The Balaban J connectivity index is 2.28. The van der Waals surface area contributed by atoms with Crippen LogP contribution in [0.3, 0.4) is 0 Å². The third kappa shape index (κ3) is 2.16. The maximum atomic E-state index is 3.11. The molecule has 2 N–H and O–H groups in total. The van der Waals surface area contributed by atoms with Crippen LogP contribution in [-0.2, 0) is 0 Å². The lowest BCUT2D eigenvalue weighted by Crippen LogP contribution is -1.88. The van der Waals surface area contributed by atoms with Gasteiger partial charge in [-0.15, -0.1) is 0 Å². The first-order valence-electron chi connectivity index (χ1n) is 5.39. The van der Waals surface area contributed by atoms with E-state index in [9.17, 15) is 0 Å². The normalized spacial score (nSPS) is 9.88. The van der Waals surface area contributed by atoms with E-state index in [1.165, 1.54) is 11.1 Å². The molecule has 0 aliphatic rings. The highest BCUT2D eigenvalue weighted by Crippen LogP contribution is 2.22. The zero-order chi connectivity index (χ0) is 11.4. The zero-order valence-electron chi connectivity index (χ0n) is 9.62. The van der Waals surface area contributed by atoms with E-state index in [4.69, 9.17) is 0 Å². The SMILES string of the molecule is CNc1ccc(-c2ccc(NC)cc2)cc1. The molecule has 2 aromatic carbocycles. The van der Waals surface area contributed by atoms with Crippen LogP contribution < -0.4 is 10.6 Å². The summed E-state index contributed by atoms with van der Waals surface area (Å²) < 4.78 is 0. The first-order chi connectivity index (χ1) is 7.83. The van der Waals surface area contributed by atoms with Crippen LogP contribution in [0, 0.1) is 0 Å². The second-order valence-corrected chi connectivity index (χ2v) is 3.65. The Hall–Kier alpha value is -1.96. The van der Waals surface area contributed by atoms with Crippen molar-refractivity contribution in [1.29, 1.82) is 0 Å². The minimum atomic E-state index is 1.13. The van der Waals surface area contributed by atoms with Crippen LogP contribution in [0.1, 0.15) is 0 Å². The van der Waals surface area contributed by atoms with Crippen molar-refractivity contribution < 1.29 is 0 Å². The molecule has 0 spiro atoms. The van der Waals surface area contributed by atoms with Gasteiger partial charge in [-0.3, -0.25) is 0 Å². The molecule has 0 amide bonds. The minimum Gasteiger partial charge on any atom is -0.388 e. The summed E-state index contributed by atoms with van der Waals surface area (Å²) in [5.74, 6) is 0. The highest BCUT2D eigenvalue weighted by molar-refractivity contribution is 5.67. The fraction of sp³-hybridized carbons (Fsp3) is 0.143. The summed E-state index contributed by atoms with van der Waals surface area (Å²) in [7, 11) is 3.85. The zero-order valence-corrected chi connectivity index (χ0v) is 9.62. The van der Waals surface area contributed by atoms with Gasteiger partial charge in [0.1, 0.15) is 0 Å². The molecule has 2 rings (SSSR count). The topological polar surface area (TPSA) is 24.1 Å². The number of nitrogens with one attached hydrogen (secondary N) is 2. The molecule has 0 unspecified atom stereocenters. The summed E-state index contributed by atoms with van der Waals surface area (Å²) in [6.07, 6.45) is 0. The minimum absolute atomic E-state index is 1.13. The number of hydrogen-bond donors (Lipinski definition) is 2. The first kappa shape index (κ1) is 10.6. The second-order valence-electron chi connectivity index (χ2n) is 3.65. The summed E-state index contributed by atoms with van der Waals surface area (Å²) in [5, 5.41) is 6.23. The average Bonchev–Trinajstić information content (AvgIpc) is 2.39. The molecule has 0 aliphatic carbocycles. The van der Waals surface area contributed by atoms with Crippen LogP contribution in [0.2, 0.25) is 0 Å². The third-order valence-electron chi connectivity index (χ3n) is 2.68. The predicted octanol–water partition coefficient (Wildman–Crippen LogP) is 3.44. The van der Waals surface area contributed by atoms with E-state index in [-0.39, 0.29) is 0 Å². The molecular weight excluding hydrogens is 196 g/mol. The molecule has 0 atom stereocenters. The van der Waals surface area contributed by atoms with Gasteiger partial charge in [-0.1, -0.05) is 24.3 Å². The van der Waals surface area contributed by atoms with Crippen LogP contribution in [-0.4, -0.2) is 14.1 Å². The number of rotatable bonds is 3. The molecule has 2 heteroatoms. The maximum Gasteiger partial charge on any atom is 0.0337 e. The maximum absolute atomic E-state index is 3.11. The van der Waals surface area contributed by atoms with E-state index in [0.717, 1.165) is 11.4 Å². The quantitative estimate of drug-likeness (QED) is 0.814. The lowest BCUT2D eigenvalue weighted by molar-refractivity contribution is 1.49. The summed E-state index contributed by atoms with van der Waals surface area (Å²) in [4.78, 5) is 0. The van der Waals surface area contributed by atoms with Crippen LogP contribution in [0.5, 0.6) is 0 Å². The molecule has 0 radical (unpaired) electrons. The Kier molecular flexibility index (Phi) is 3.10. The highest BCUT2D eigenvalue weighted by Gasteiger charge is 1.97. The monoisotopic (exact) mass is 212 g/mol. The van der Waals surface area contributed by atoms with Crippen molar-refractivity contribution in [1.82, 2.24) is 0 Å². The van der Waals surface area contributed by atoms with Crippen molar-refractivity contribution in [2.24, 2.45) is 0 Å². The van der Waals surface area contributed by atoms with Gasteiger partial charge in [-0.05, 0) is 35.4 Å². The van der Waals surface area contributed by atoms with E-state index in [0.29, 0.717) is 0 Å². The Morgan fingerprint density at radius 1 is 0.562 bits per heavy atom. The van der Waals surface area contributed by atoms with Gasteiger partial charge in [0.05, 0.1) is 0 Å².